The molecular weight excluding hydrogens is 301 g/mol. The molecule has 0 radical (unpaired) electrons. The maximum absolute atomic E-state index is 13.0. The number of aryl methyl sites for hydroxylation is 1. The van der Waals surface area contributed by atoms with Gasteiger partial charge >= 0.3 is 6.18 Å². The van der Waals surface area contributed by atoms with E-state index in [0.717, 1.165) is 18.1 Å². The van der Waals surface area contributed by atoms with Gasteiger partial charge in [-0.3, -0.25) is 0 Å². The van der Waals surface area contributed by atoms with Gasteiger partial charge in [-0.15, -0.1) is 11.6 Å². The molecule has 2 aromatic rings. The SMILES string of the molecule is CCc1ccccc1Oc1ccc(CCl)c(C(F)(F)F)c1. The van der Waals surface area contributed by atoms with Crippen LogP contribution in [0.5, 0.6) is 11.5 Å². The second kappa shape index (κ2) is 6.39. The summed E-state index contributed by atoms with van der Waals surface area (Å²) < 4.78 is 44.5. The predicted molar refractivity (Wildman–Crippen MR) is 76.9 cm³/mol. The number of halogens is 4. The quantitative estimate of drug-likeness (QED) is 0.648. The summed E-state index contributed by atoms with van der Waals surface area (Å²) in [5, 5.41) is 0. The van der Waals surface area contributed by atoms with Gasteiger partial charge in [-0.2, -0.15) is 13.2 Å². The Bertz CT molecular complexity index is 623. The van der Waals surface area contributed by atoms with E-state index in [9.17, 15) is 13.2 Å². The zero-order chi connectivity index (χ0) is 15.5. The Labute approximate surface area is 126 Å². The molecule has 0 aliphatic carbocycles. The molecule has 0 bridgehead atoms. The number of para-hydroxylation sites is 1. The summed E-state index contributed by atoms with van der Waals surface area (Å²) >= 11 is 5.56. The van der Waals surface area contributed by atoms with Crippen molar-refractivity contribution in [2.24, 2.45) is 0 Å². The van der Waals surface area contributed by atoms with Gasteiger partial charge in [0.1, 0.15) is 11.5 Å². The van der Waals surface area contributed by atoms with E-state index in [-0.39, 0.29) is 17.2 Å². The summed E-state index contributed by atoms with van der Waals surface area (Å²) in [5.41, 5.74) is 0.219. The first-order chi connectivity index (χ1) is 9.95. The van der Waals surface area contributed by atoms with Gasteiger partial charge in [0.2, 0.25) is 0 Å². The van der Waals surface area contributed by atoms with Crippen LogP contribution in [0.4, 0.5) is 13.2 Å². The number of ether oxygens (including phenoxy) is 1. The van der Waals surface area contributed by atoms with E-state index in [0.29, 0.717) is 5.75 Å². The molecule has 0 aliphatic heterocycles. The largest absolute Gasteiger partial charge is 0.457 e. The Morgan fingerprint density at radius 2 is 1.76 bits per heavy atom. The fraction of sp³-hybridized carbons (Fsp3) is 0.250. The Morgan fingerprint density at radius 3 is 2.38 bits per heavy atom. The summed E-state index contributed by atoms with van der Waals surface area (Å²) in [6, 6.07) is 11.1. The molecule has 5 heteroatoms. The van der Waals surface area contributed by atoms with E-state index in [1.165, 1.54) is 12.1 Å². The summed E-state index contributed by atoms with van der Waals surface area (Å²) in [5.74, 6) is 0.518. The van der Waals surface area contributed by atoms with Gasteiger partial charge in [-0.1, -0.05) is 31.2 Å². The minimum atomic E-state index is -4.45. The van der Waals surface area contributed by atoms with Crippen molar-refractivity contribution in [3.63, 3.8) is 0 Å². The Hall–Kier alpha value is -1.68. The molecule has 2 rings (SSSR count). The first-order valence-electron chi connectivity index (χ1n) is 6.47. The highest BCUT2D eigenvalue weighted by molar-refractivity contribution is 6.17. The van der Waals surface area contributed by atoms with Gasteiger partial charge in [0, 0.05) is 5.88 Å². The van der Waals surface area contributed by atoms with Gasteiger partial charge in [-0.05, 0) is 35.7 Å². The first-order valence-corrected chi connectivity index (χ1v) is 7.01. The number of rotatable bonds is 4. The van der Waals surface area contributed by atoms with Crippen molar-refractivity contribution in [1.29, 1.82) is 0 Å². The number of alkyl halides is 4. The molecule has 2 aromatic carbocycles. The molecule has 0 atom stereocenters. The molecule has 0 spiro atoms. The molecule has 21 heavy (non-hydrogen) atoms. The molecule has 0 saturated heterocycles. The number of hydrogen-bond acceptors (Lipinski definition) is 1. The van der Waals surface area contributed by atoms with Gasteiger partial charge < -0.3 is 4.74 Å². The number of benzene rings is 2. The molecule has 112 valence electrons. The highest BCUT2D eigenvalue weighted by atomic mass is 35.5. The van der Waals surface area contributed by atoms with Crippen molar-refractivity contribution < 1.29 is 17.9 Å². The molecule has 1 nitrogen and oxygen atoms in total. The van der Waals surface area contributed by atoms with Gasteiger partial charge in [-0.25, -0.2) is 0 Å². The fourth-order valence-corrected chi connectivity index (χ4v) is 2.25. The Balaban J connectivity index is 2.37. The molecule has 0 unspecified atom stereocenters. The van der Waals surface area contributed by atoms with Crippen LogP contribution in [0.2, 0.25) is 0 Å². The Morgan fingerprint density at radius 1 is 1.05 bits per heavy atom. The molecule has 0 aromatic heterocycles. The second-order valence-electron chi connectivity index (χ2n) is 4.51. The highest BCUT2D eigenvalue weighted by Gasteiger charge is 2.33. The second-order valence-corrected chi connectivity index (χ2v) is 4.78. The van der Waals surface area contributed by atoms with Crippen molar-refractivity contribution in [3.05, 3.63) is 59.2 Å². The Kier molecular flexibility index (Phi) is 4.78. The maximum atomic E-state index is 13.0. The average molecular weight is 315 g/mol. The van der Waals surface area contributed by atoms with E-state index >= 15 is 0 Å². The lowest BCUT2D eigenvalue weighted by Gasteiger charge is -2.15. The molecule has 0 saturated carbocycles. The van der Waals surface area contributed by atoms with Crippen molar-refractivity contribution in [2.45, 2.75) is 25.4 Å². The van der Waals surface area contributed by atoms with Crippen LogP contribution < -0.4 is 4.74 Å². The topological polar surface area (TPSA) is 9.23 Å². The average Bonchev–Trinajstić information content (AvgIpc) is 2.47. The summed E-state index contributed by atoms with van der Waals surface area (Å²) in [4.78, 5) is 0. The van der Waals surface area contributed by atoms with Crippen LogP contribution in [0, 0.1) is 0 Å². The molecule has 0 N–H and O–H groups in total. The van der Waals surface area contributed by atoms with Crippen LogP contribution in [0.1, 0.15) is 23.6 Å². The lowest BCUT2D eigenvalue weighted by atomic mass is 10.1. The zero-order valence-corrected chi connectivity index (χ0v) is 12.1. The van der Waals surface area contributed by atoms with Crippen LogP contribution in [0.15, 0.2) is 42.5 Å². The van der Waals surface area contributed by atoms with Crippen molar-refractivity contribution in [1.82, 2.24) is 0 Å². The van der Waals surface area contributed by atoms with Crippen molar-refractivity contribution in [3.8, 4) is 11.5 Å². The van der Waals surface area contributed by atoms with Crippen molar-refractivity contribution in [2.75, 3.05) is 0 Å². The van der Waals surface area contributed by atoms with E-state index in [1.54, 1.807) is 12.1 Å². The van der Waals surface area contributed by atoms with Crippen LogP contribution >= 0.6 is 11.6 Å². The third kappa shape index (κ3) is 3.70. The summed E-state index contributed by atoms with van der Waals surface area (Å²) in [7, 11) is 0. The summed E-state index contributed by atoms with van der Waals surface area (Å²) in [6.07, 6.45) is -3.71. The van der Waals surface area contributed by atoms with Crippen LogP contribution in [0.3, 0.4) is 0 Å². The van der Waals surface area contributed by atoms with E-state index in [1.807, 2.05) is 19.1 Å². The molecule has 0 heterocycles. The molecule has 0 amide bonds. The normalized spacial score (nSPS) is 11.5. The molecular formula is C16H14ClF3O. The highest BCUT2D eigenvalue weighted by Crippen LogP contribution is 2.36. The lowest BCUT2D eigenvalue weighted by Crippen LogP contribution is -2.08. The molecule has 0 aliphatic rings. The molecule has 0 fully saturated rings. The van der Waals surface area contributed by atoms with Crippen molar-refractivity contribution >= 4 is 11.6 Å². The standard InChI is InChI=1S/C16H14ClF3O/c1-2-11-5-3-4-6-15(11)21-13-8-7-12(10-17)14(9-13)16(18,19)20/h3-9H,2,10H2,1H3. The van der Waals surface area contributed by atoms with Gasteiger partial charge in [0.15, 0.2) is 0 Å². The van der Waals surface area contributed by atoms with Crippen LogP contribution in [0.25, 0.3) is 0 Å². The lowest BCUT2D eigenvalue weighted by molar-refractivity contribution is -0.138. The zero-order valence-electron chi connectivity index (χ0n) is 11.4. The van der Waals surface area contributed by atoms with E-state index in [4.69, 9.17) is 16.3 Å². The van der Waals surface area contributed by atoms with Gasteiger partial charge in [0.05, 0.1) is 5.56 Å². The fourth-order valence-electron chi connectivity index (χ4n) is 2.02. The maximum Gasteiger partial charge on any atom is 0.416 e. The van der Waals surface area contributed by atoms with E-state index < -0.39 is 11.7 Å². The number of hydrogen-bond donors (Lipinski definition) is 0. The minimum Gasteiger partial charge on any atom is -0.457 e. The van der Waals surface area contributed by atoms with Crippen LogP contribution in [-0.2, 0) is 18.5 Å². The first kappa shape index (κ1) is 15.7. The third-order valence-electron chi connectivity index (χ3n) is 3.11. The predicted octanol–water partition coefficient (Wildman–Crippen LogP) is 5.80. The van der Waals surface area contributed by atoms with Crippen LogP contribution in [-0.4, -0.2) is 0 Å². The monoisotopic (exact) mass is 314 g/mol. The minimum absolute atomic E-state index is 0.0419. The smallest absolute Gasteiger partial charge is 0.416 e. The summed E-state index contributed by atoms with van der Waals surface area (Å²) in [6.45, 7) is 1.96. The third-order valence-corrected chi connectivity index (χ3v) is 3.40. The van der Waals surface area contributed by atoms with E-state index in [2.05, 4.69) is 0 Å². The van der Waals surface area contributed by atoms with Gasteiger partial charge in [0.25, 0.3) is 0 Å².